The predicted octanol–water partition coefficient (Wildman–Crippen LogP) is 3.02. The van der Waals surface area contributed by atoms with E-state index in [-0.39, 0.29) is 18.1 Å². The number of piperazine rings is 1. The molecule has 29 heavy (non-hydrogen) atoms. The zero-order valence-corrected chi connectivity index (χ0v) is 17.9. The maximum Gasteiger partial charge on any atom is 0.255 e. The van der Waals surface area contributed by atoms with E-state index in [4.69, 9.17) is 9.73 Å². The Morgan fingerprint density at radius 3 is 2.90 bits per heavy atom. The van der Waals surface area contributed by atoms with Crippen molar-refractivity contribution in [2.45, 2.75) is 45.1 Å². The van der Waals surface area contributed by atoms with Crippen molar-refractivity contribution in [3.63, 3.8) is 0 Å². The summed E-state index contributed by atoms with van der Waals surface area (Å²) in [6.45, 7) is 5.62. The molecule has 3 aliphatic heterocycles. The summed E-state index contributed by atoms with van der Waals surface area (Å²) in [5, 5.41) is 2.32. The van der Waals surface area contributed by atoms with Gasteiger partial charge in [-0.15, -0.1) is 11.3 Å². The molecule has 0 N–H and O–H groups in total. The van der Waals surface area contributed by atoms with Gasteiger partial charge in [0, 0.05) is 25.2 Å². The minimum Gasteiger partial charge on any atom is -0.377 e. The standard InChI is InChI=1S/C21H26N4O3S/c1-4-14-6-7-16-18(23-15(14)12-17(26)19-22-8-11-29-19)25-9-10-28-13-21(25,5-2)20(27)24(16)3/h7-8,11H,4-6,9-10,12-13H2,1-3H3. The van der Waals surface area contributed by atoms with Gasteiger partial charge in [0.1, 0.15) is 5.54 Å². The van der Waals surface area contributed by atoms with E-state index >= 15 is 0 Å². The lowest BCUT2D eigenvalue weighted by molar-refractivity contribution is -0.151. The Balaban J connectivity index is 1.78. The number of amides is 1. The Morgan fingerprint density at radius 1 is 1.38 bits per heavy atom. The third-order valence-electron chi connectivity index (χ3n) is 6.07. The zero-order chi connectivity index (χ0) is 20.6. The Morgan fingerprint density at radius 2 is 2.21 bits per heavy atom. The first-order chi connectivity index (χ1) is 14.0. The SMILES string of the molecule is CCC1=C(CC(=O)c2nccs2)N=C2C(=CC1)N(C)C(=O)C1(CC)COCCN21. The summed E-state index contributed by atoms with van der Waals surface area (Å²) in [5.74, 6) is 0.811. The normalized spacial score (nSPS) is 24.6. The van der Waals surface area contributed by atoms with Gasteiger partial charge in [-0.2, -0.15) is 0 Å². The number of morpholine rings is 1. The highest BCUT2D eigenvalue weighted by Gasteiger charge is 2.53. The molecule has 0 spiro atoms. The number of aromatic nitrogens is 1. The number of rotatable bonds is 5. The fraction of sp³-hybridized carbons (Fsp3) is 0.524. The van der Waals surface area contributed by atoms with Crippen LogP contribution in [0, 0.1) is 0 Å². The number of likely N-dealkylation sites (N-methyl/N-ethyl adjacent to an activating group) is 1. The third-order valence-corrected chi connectivity index (χ3v) is 6.88. The largest absolute Gasteiger partial charge is 0.377 e. The number of hydrogen-bond acceptors (Lipinski definition) is 7. The van der Waals surface area contributed by atoms with Gasteiger partial charge in [-0.1, -0.05) is 19.9 Å². The van der Waals surface area contributed by atoms with Crippen LogP contribution in [0.15, 0.2) is 39.6 Å². The molecule has 2 fully saturated rings. The van der Waals surface area contributed by atoms with Gasteiger partial charge in [-0.3, -0.25) is 9.59 Å². The number of allylic oxidation sites excluding steroid dienone is 3. The molecule has 8 heteroatoms. The quantitative estimate of drug-likeness (QED) is 0.693. The van der Waals surface area contributed by atoms with E-state index in [9.17, 15) is 9.59 Å². The first-order valence-electron chi connectivity index (χ1n) is 10.1. The highest BCUT2D eigenvalue weighted by Crippen LogP contribution is 2.37. The number of ether oxygens (including phenoxy) is 1. The number of aliphatic imine (C=N–C) groups is 1. The Bertz CT molecular complexity index is 918. The predicted molar refractivity (Wildman–Crippen MR) is 112 cm³/mol. The van der Waals surface area contributed by atoms with Crippen molar-refractivity contribution in [2.24, 2.45) is 4.99 Å². The summed E-state index contributed by atoms with van der Waals surface area (Å²) in [6, 6.07) is 0. The third kappa shape index (κ3) is 3.24. The Kier molecular flexibility index (Phi) is 5.40. The molecule has 0 bridgehead atoms. The van der Waals surface area contributed by atoms with Crippen LogP contribution >= 0.6 is 11.3 Å². The first kappa shape index (κ1) is 20.0. The molecule has 0 saturated carbocycles. The van der Waals surface area contributed by atoms with Crippen LogP contribution in [0.3, 0.4) is 0 Å². The van der Waals surface area contributed by atoms with Gasteiger partial charge in [0.15, 0.2) is 16.6 Å². The fourth-order valence-corrected chi connectivity index (χ4v) is 4.90. The monoisotopic (exact) mass is 414 g/mol. The summed E-state index contributed by atoms with van der Waals surface area (Å²) in [7, 11) is 1.81. The van der Waals surface area contributed by atoms with Crippen molar-refractivity contribution in [3.8, 4) is 0 Å². The molecule has 7 nitrogen and oxygen atoms in total. The number of ketones is 1. The van der Waals surface area contributed by atoms with E-state index in [0.717, 1.165) is 29.2 Å². The van der Waals surface area contributed by atoms with Gasteiger partial charge in [0.2, 0.25) is 0 Å². The number of carbonyl (C=O) groups is 2. The van der Waals surface area contributed by atoms with E-state index in [1.807, 2.05) is 19.4 Å². The molecule has 0 aromatic carbocycles. The van der Waals surface area contributed by atoms with Crippen LogP contribution in [0.4, 0.5) is 0 Å². The van der Waals surface area contributed by atoms with Crippen molar-refractivity contribution < 1.29 is 14.3 Å². The minimum absolute atomic E-state index is 0.0160. The molecule has 2 saturated heterocycles. The van der Waals surface area contributed by atoms with Crippen LogP contribution < -0.4 is 0 Å². The average molecular weight is 415 g/mol. The topological polar surface area (TPSA) is 75.1 Å². The molecule has 3 aliphatic rings. The number of amidine groups is 1. The number of nitrogens with zero attached hydrogens (tertiary/aromatic N) is 4. The molecule has 4 rings (SSSR count). The van der Waals surface area contributed by atoms with E-state index in [1.165, 1.54) is 11.3 Å². The van der Waals surface area contributed by atoms with Crippen LogP contribution in [0.25, 0.3) is 0 Å². The van der Waals surface area contributed by atoms with Crippen molar-refractivity contribution in [1.29, 1.82) is 0 Å². The van der Waals surface area contributed by atoms with Gasteiger partial charge >= 0.3 is 0 Å². The lowest BCUT2D eigenvalue weighted by atomic mass is 9.88. The fourth-order valence-electron chi connectivity index (χ4n) is 4.32. The molecule has 1 amide bonds. The molecule has 0 aliphatic carbocycles. The number of Topliss-reactive ketones (excluding diaryl/α,β-unsaturated/α-hetero) is 1. The molecule has 4 heterocycles. The summed E-state index contributed by atoms with van der Waals surface area (Å²) in [6.07, 6.45) is 6.08. The highest BCUT2D eigenvalue weighted by molar-refractivity contribution is 7.11. The van der Waals surface area contributed by atoms with E-state index in [0.29, 0.717) is 37.6 Å². The van der Waals surface area contributed by atoms with Crippen LogP contribution in [0.1, 0.15) is 49.3 Å². The molecule has 0 radical (unpaired) electrons. The molecule has 1 atom stereocenters. The lowest BCUT2D eigenvalue weighted by Gasteiger charge is -2.52. The summed E-state index contributed by atoms with van der Waals surface area (Å²) < 4.78 is 5.71. The van der Waals surface area contributed by atoms with Crippen molar-refractivity contribution in [3.05, 3.63) is 39.6 Å². The minimum atomic E-state index is -0.732. The van der Waals surface area contributed by atoms with Gasteiger partial charge in [-0.25, -0.2) is 9.98 Å². The summed E-state index contributed by atoms with van der Waals surface area (Å²) >= 11 is 1.35. The average Bonchev–Trinajstić information content (AvgIpc) is 3.22. The van der Waals surface area contributed by atoms with Gasteiger partial charge in [0.25, 0.3) is 5.91 Å². The van der Waals surface area contributed by atoms with Crippen molar-refractivity contribution in [1.82, 2.24) is 14.8 Å². The number of thiazole rings is 1. The van der Waals surface area contributed by atoms with Gasteiger partial charge in [0.05, 0.1) is 31.0 Å². The van der Waals surface area contributed by atoms with Crippen molar-refractivity contribution in [2.75, 3.05) is 26.8 Å². The van der Waals surface area contributed by atoms with E-state index in [1.54, 1.807) is 11.1 Å². The maximum atomic E-state index is 13.3. The first-order valence-corrected chi connectivity index (χ1v) is 11.0. The maximum absolute atomic E-state index is 13.3. The Labute approximate surface area is 174 Å². The van der Waals surface area contributed by atoms with E-state index < -0.39 is 5.54 Å². The van der Waals surface area contributed by atoms with Gasteiger partial charge in [-0.05, 0) is 24.8 Å². The lowest BCUT2D eigenvalue weighted by Crippen LogP contribution is -2.70. The summed E-state index contributed by atoms with van der Waals surface area (Å²) in [4.78, 5) is 39.0. The van der Waals surface area contributed by atoms with Crippen molar-refractivity contribution >= 4 is 28.9 Å². The van der Waals surface area contributed by atoms with E-state index in [2.05, 4.69) is 22.9 Å². The molecular weight excluding hydrogens is 388 g/mol. The molecule has 1 unspecified atom stereocenters. The molecule has 154 valence electrons. The number of hydrogen-bond donors (Lipinski definition) is 0. The molecule has 1 aromatic rings. The highest BCUT2D eigenvalue weighted by atomic mass is 32.1. The van der Waals surface area contributed by atoms with Crippen LogP contribution in [0.2, 0.25) is 0 Å². The zero-order valence-electron chi connectivity index (χ0n) is 17.1. The van der Waals surface area contributed by atoms with Crippen LogP contribution in [-0.4, -0.2) is 64.7 Å². The summed E-state index contributed by atoms with van der Waals surface area (Å²) in [5.41, 5.74) is 2.02. The number of carbonyl (C=O) groups excluding carboxylic acids is 2. The van der Waals surface area contributed by atoms with Gasteiger partial charge < -0.3 is 14.5 Å². The molecule has 1 aromatic heterocycles. The second kappa shape index (κ2) is 7.84. The Hall–Kier alpha value is -2.32. The second-order valence-corrected chi connectivity index (χ2v) is 8.42. The van der Waals surface area contributed by atoms with Crippen LogP contribution in [-0.2, 0) is 9.53 Å². The second-order valence-electron chi connectivity index (χ2n) is 7.52. The smallest absolute Gasteiger partial charge is 0.255 e. The molecular formula is C21H26N4O3S. The number of fused-ring (bicyclic) bond motifs is 3. The van der Waals surface area contributed by atoms with Crippen LogP contribution in [0.5, 0.6) is 0 Å².